The highest BCUT2D eigenvalue weighted by molar-refractivity contribution is 5.94. The number of hydrogen-bond donors (Lipinski definition) is 1. The van der Waals surface area contributed by atoms with Crippen LogP contribution in [0.5, 0.6) is 0 Å². The van der Waals surface area contributed by atoms with Crippen LogP contribution in [0.15, 0.2) is 23.1 Å². The number of carbonyl (C=O) groups excluding carboxylic acids is 1. The fourth-order valence-corrected chi connectivity index (χ4v) is 2.24. The average Bonchev–Trinajstić information content (AvgIpc) is 2.77. The molecule has 86 valence electrons. The van der Waals surface area contributed by atoms with E-state index >= 15 is 0 Å². The number of amides is 1. The van der Waals surface area contributed by atoms with Crippen LogP contribution in [0.2, 0.25) is 0 Å². The molecule has 1 fully saturated rings. The summed E-state index contributed by atoms with van der Waals surface area (Å²) >= 11 is 0. The van der Waals surface area contributed by atoms with E-state index in [4.69, 9.17) is 0 Å². The summed E-state index contributed by atoms with van der Waals surface area (Å²) in [6, 6.07) is 3.34. The number of nitrogens with one attached hydrogen (secondary N) is 1. The summed E-state index contributed by atoms with van der Waals surface area (Å²) in [6.45, 7) is 2.93. The zero-order valence-electron chi connectivity index (χ0n) is 9.40. The molecule has 0 aliphatic carbocycles. The average molecular weight is 220 g/mol. The van der Waals surface area contributed by atoms with Gasteiger partial charge < -0.3 is 9.88 Å². The molecule has 1 amide bonds. The largest absolute Gasteiger partial charge is 0.336 e. The first-order valence-electron chi connectivity index (χ1n) is 5.72. The van der Waals surface area contributed by atoms with Crippen LogP contribution < -0.4 is 5.56 Å². The second kappa shape index (κ2) is 4.51. The van der Waals surface area contributed by atoms with Crippen molar-refractivity contribution in [3.05, 3.63) is 34.2 Å². The van der Waals surface area contributed by atoms with E-state index in [1.807, 2.05) is 4.90 Å². The van der Waals surface area contributed by atoms with E-state index < -0.39 is 0 Å². The van der Waals surface area contributed by atoms with Crippen molar-refractivity contribution >= 4 is 5.91 Å². The van der Waals surface area contributed by atoms with Crippen LogP contribution in [-0.2, 0) is 0 Å². The van der Waals surface area contributed by atoms with Gasteiger partial charge in [-0.1, -0.05) is 6.92 Å². The summed E-state index contributed by atoms with van der Waals surface area (Å²) in [5.74, 6) is 0.0283. The molecule has 0 saturated carbocycles. The lowest BCUT2D eigenvalue weighted by Crippen LogP contribution is -2.35. The number of aromatic nitrogens is 1. The van der Waals surface area contributed by atoms with Gasteiger partial charge in [0.05, 0.1) is 5.56 Å². The summed E-state index contributed by atoms with van der Waals surface area (Å²) in [5.41, 5.74) is 0.393. The van der Waals surface area contributed by atoms with Gasteiger partial charge in [0.2, 0.25) is 5.56 Å². The molecule has 0 aromatic carbocycles. The monoisotopic (exact) mass is 220 g/mol. The highest BCUT2D eigenvalue weighted by atomic mass is 16.2. The molecule has 1 aliphatic heterocycles. The topological polar surface area (TPSA) is 53.2 Å². The Morgan fingerprint density at radius 2 is 2.38 bits per heavy atom. The minimum Gasteiger partial charge on any atom is -0.336 e. The van der Waals surface area contributed by atoms with Crippen molar-refractivity contribution in [1.29, 1.82) is 0 Å². The molecule has 0 spiro atoms. The Balaban J connectivity index is 2.18. The number of H-pyrrole nitrogens is 1. The third-order valence-electron chi connectivity index (χ3n) is 3.14. The molecule has 1 atom stereocenters. The van der Waals surface area contributed by atoms with Crippen LogP contribution in [0.3, 0.4) is 0 Å². The molecule has 4 heteroatoms. The van der Waals surface area contributed by atoms with Crippen LogP contribution in [0.25, 0.3) is 0 Å². The molecule has 1 aromatic rings. The number of hydrogen-bond acceptors (Lipinski definition) is 2. The molecule has 1 unspecified atom stereocenters. The van der Waals surface area contributed by atoms with E-state index in [2.05, 4.69) is 11.9 Å². The van der Waals surface area contributed by atoms with Crippen molar-refractivity contribution < 1.29 is 4.79 Å². The molecule has 16 heavy (non-hydrogen) atoms. The molecule has 1 aromatic heterocycles. The second-order valence-electron chi connectivity index (χ2n) is 4.14. The molecule has 1 N–H and O–H groups in total. The maximum Gasteiger partial charge on any atom is 0.255 e. The highest BCUT2D eigenvalue weighted by Gasteiger charge is 2.27. The number of likely N-dealkylation sites (tertiary alicyclic amines) is 1. The SMILES string of the molecule is CCC1CCCN1C(=O)c1ccc(=O)[nH]c1. The summed E-state index contributed by atoms with van der Waals surface area (Å²) in [4.78, 5) is 27.5. The predicted octanol–water partition coefficient (Wildman–Crippen LogP) is 1.39. The van der Waals surface area contributed by atoms with Gasteiger partial charge in [0.15, 0.2) is 0 Å². The van der Waals surface area contributed by atoms with Crippen LogP contribution in [0.1, 0.15) is 36.5 Å². The van der Waals surface area contributed by atoms with Crippen molar-refractivity contribution in [2.75, 3.05) is 6.54 Å². The van der Waals surface area contributed by atoms with Gasteiger partial charge in [0.1, 0.15) is 0 Å². The molecule has 2 rings (SSSR count). The predicted molar refractivity (Wildman–Crippen MR) is 61.4 cm³/mol. The zero-order valence-corrected chi connectivity index (χ0v) is 9.40. The maximum absolute atomic E-state index is 12.1. The maximum atomic E-state index is 12.1. The van der Waals surface area contributed by atoms with Gasteiger partial charge >= 0.3 is 0 Å². The summed E-state index contributed by atoms with van der Waals surface area (Å²) in [5, 5.41) is 0. The van der Waals surface area contributed by atoms with Gasteiger partial charge in [0.25, 0.3) is 5.91 Å². The van der Waals surface area contributed by atoms with Crippen LogP contribution >= 0.6 is 0 Å². The van der Waals surface area contributed by atoms with Crippen LogP contribution in [0, 0.1) is 0 Å². The first-order valence-corrected chi connectivity index (χ1v) is 5.72. The fraction of sp³-hybridized carbons (Fsp3) is 0.500. The quantitative estimate of drug-likeness (QED) is 0.818. The Kier molecular flexibility index (Phi) is 3.08. The molecule has 1 saturated heterocycles. The van der Waals surface area contributed by atoms with Crippen molar-refractivity contribution in [3.63, 3.8) is 0 Å². The lowest BCUT2D eigenvalue weighted by Gasteiger charge is -2.23. The third-order valence-corrected chi connectivity index (χ3v) is 3.14. The van der Waals surface area contributed by atoms with Crippen LogP contribution in [0.4, 0.5) is 0 Å². The molecule has 2 heterocycles. The first-order chi connectivity index (χ1) is 7.72. The van der Waals surface area contributed by atoms with Crippen LogP contribution in [-0.4, -0.2) is 28.4 Å². The lowest BCUT2D eigenvalue weighted by atomic mass is 10.1. The normalized spacial score (nSPS) is 20.1. The summed E-state index contributed by atoms with van der Waals surface area (Å²) < 4.78 is 0. The molecule has 1 aliphatic rings. The Bertz CT molecular complexity index is 418. The smallest absolute Gasteiger partial charge is 0.255 e. The van der Waals surface area contributed by atoms with Crippen molar-refractivity contribution in [2.45, 2.75) is 32.2 Å². The minimum atomic E-state index is -0.176. The molecular formula is C12H16N2O2. The highest BCUT2D eigenvalue weighted by Crippen LogP contribution is 2.21. The molecule has 4 nitrogen and oxygen atoms in total. The van der Waals surface area contributed by atoms with Gasteiger partial charge in [-0.2, -0.15) is 0 Å². The second-order valence-corrected chi connectivity index (χ2v) is 4.14. The van der Waals surface area contributed by atoms with E-state index in [1.54, 1.807) is 6.07 Å². The zero-order chi connectivity index (χ0) is 11.5. The number of nitrogens with zero attached hydrogens (tertiary/aromatic N) is 1. The van der Waals surface area contributed by atoms with Crippen molar-refractivity contribution in [1.82, 2.24) is 9.88 Å². The molecular weight excluding hydrogens is 204 g/mol. The first kappa shape index (κ1) is 10.9. The third kappa shape index (κ3) is 2.01. The Hall–Kier alpha value is -1.58. The number of pyridine rings is 1. The molecule has 0 bridgehead atoms. The Labute approximate surface area is 94.3 Å². The van der Waals surface area contributed by atoms with Gasteiger partial charge in [-0.05, 0) is 25.3 Å². The van der Waals surface area contributed by atoms with E-state index in [0.29, 0.717) is 11.6 Å². The Morgan fingerprint density at radius 1 is 1.56 bits per heavy atom. The summed E-state index contributed by atoms with van der Waals surface area (Å²) in [7, 11) is 0. The minimum absolute atomic E-state index is 0.0283. The lowest BCUT2D eigenvalue weighted by molar-refractivity contribution is 0.0733. The van der Waals surface area contributed by atoms with Crippen molar-refractivity contribution in [3.8, 4) is 0 Å². The van der Waals surface area contributed by atoms with E-state index in [-0.39, 0.29) is 11.5 Å². The number of rotatable bonds is 2. The Morgan fingerprint density at radius 3 is 3.00 bits per heavy atom. The van der Waals surface area contributed by atoms with E-state index in [1.165, 1.54) is 12.3 Å². The van der Waals surface area contributed by atoms with Gasteiger partial charge in [-0.25, -0.2) is 0 Å². The fourth-order valence-electron chi connectivity index (χ4n) is 2.24. The number of carbonyl (C=O) groups is 1. The number of aromatic amines is 1. The van der Waals surface area contributed by atoms with Gasteiger partial charge in [-0.15, -0.1) is 0 Å². The van der Waals surface area contributed by atoms with Gasteiger partial charge in [0, 0.05) is 24.8 Å². The van der Waals surface area contributed by atoms with Crippen molar-refractivity contribution in [2.24, 2.45) is 0 Å². The van der Waals surface area contributed by atoms with E-state index in [9.17, 15) is 9.59 Å². The summed E-state index contributed by atoms with van der Waals surface area (Å²) in [6.07, 6.45) is 4.66. The van der Waals surface area contributed by atoms with E-state index in [0.717, 1.165) is 25.8 Å². The standard InChI is InChI=1S/C12H16N2O2/c1-2-10-4-3-7-14(10)12(16)9-5-6-11(15)13-8-9/h5-6,8,10H,2-4,7H2,1H3,(H,13,15). The molecule has 0 radical (unpaired) electrons. The van der Waals surface area contributed by atoms with Gasteiger partial charge in [-0.3, -0.25) is 9.59 Å².